The van der Waals surface area contributed by atoms with Crippen molar-refractivity contribution in [2.75, 3.05) is 0 Å². The van der Waals surface area contributed by atoms with Gasteiger partial charge in [0.15, 0.2) is 11.6 Å². The molecule has 0 amide bonds. The van der Waals surface area contributed by atoms with Gasteiger partial charge in [0.2, 0.25) is 0 Å². The summed E-state index contributed by atoms with van der Waals surface area (Å²) in [7, 11) is 0. The summed E-state index contributed by atoms with van der Waals surface area (Å²) in [5.74, 6) is 0.741. The molecule has 1 aliphatic carbocycles. The van der Waals surface area contributed by atoms with Crippen LogP contribution in [0.1, 0.15) is 36.3 Å². The van der Waals surface area contributed by atoms with Crippen molar-refractivity contribution in [1.29, 1.82) is 0 Å². The van der Waals surface area contributed by atoms with Crippen molar-refractivity contribution in [1.82, 2.24) is 9.97 Å². The summed E-state index contributed by atoms with van der Waals surface area (Å²) >= 11 is 9.44. The van der Waals surface area contributed by atoms with Gasteiger partial charge in [-0.15, -0.1) is 0 Å². The van der Waals surface area contributed by atoms with Crippen molar-refractivity contribution >= 4 is 33.3 Å². The van der Waals surface area contributed by atoms with Gasteiger partial charge in [-0.25, -0.2) is 9.97 Å². The van der Waals surface area contributed by atoms with Crippen molar-refractivity contribution in [2.45, 2.75) is 26.7 Å². The maximum absolute atomic E-state index is 12.2. The third kappa shape index (κ3) is 2.87. The number of ketones is 1. The molecule has 2 aromatic rings. The normalized spacial score (nSPS) is 16.7. The molecule has 0 saturated heterocycles. The first-order chi connectivity index (χ1) is 9.85. The Morgan fingerprint density at radius 3 is 2.71 bits per heavy atom. The molecule has 0 N–H and O–H groups in total. The van der Waals surface area contributed by atoms with E-state index in [0.29, 0.717) is 22.8 Å². The van der Waals surface area contributed by atoms with Crippen LogP contribution in [0, 0.1) is 5.41 Å². The minimum absolute atomic E-state index is 0.0487. The van der Waals surface area contributed by atoms with Crippen LogP contribution in [0.25, 0.3) is 11.4 Å². The lowest BCUT2D eigenvalue weighted by Gasteiger charge is -2.29. The third-order valence-corrected chi connectivity index (χ3v) is 4.52. The van der Waals surface area contributed by atoms with E-state index in [4.69, 9.17) is 11.6 Å². The number of carbonyl (C=O) groups is 1. The summed E-state index contributed by atoms with van der Waals surface area (Å²) in [5.41, 5.74) is 2.32. The summed E-state index contributed by atoms with van der Waals surface area (Å²) in [4.78, 5) is 21.1. The fraction of sp³-hybridized carbons (Fsp3) is 0.312. The van der Waals surface area contributed by atoms with E-state index in [-0.39, 0.29) is 11.2 Å². The van der Waals surface area contributed by atoms with E-state index >= 15 is 0 Å². The number of benzene rings is 1. The van der Waals surface area contributed by atoms with Gasteiger partial charge < -0.3 is 0 Å². The van der Waals surface area contributed by atoms with E-state index in [0.717, 1.165) is 22.2 Å². The van der Waals surface area contributed by atoms with Crippen molar-refractivity contribution in [2.24, 2.45) is 5.41 Å². The molecular formula is C16H14BrClN2O. The second kappa shape index (κ2) is 5.18. The van der Waals surface area contributed by atoms with E-state index in [1.54, 1.807) is 12.3 Å². The van der Waals surface area contributed by atoms with Gasteiger partial charge in [-0.2, -0.15) is 0 Å². The highest BCUT2D eigenvalue weighted by Gasteiger charge is 2.32. The number of fused-ring (bicyclic) bond motifs is 1. The highest BCUT2D eigenvalue weighted by atomic mass is 79.9. The molecule has 3 rings (SSSR count). The number of hydrogen-bond acceptors (Lipinski definition) is 3. The molecule has 1 aromatic carbocycles. The molecule has 0 fully saturated rings. The Kier molecular flexibility index (Phi) is 3.62. The lowest BCUT2D eigenvalue weighted by atomic mass is 9.76. The quantitative estimate of drug-likeness (QED) is 0.734. The summed E-state index contributed by atoms with van der Waals surface area (Å²) in [6.07, 6.45) is 2.98. The predicted octanol–water partition coefficient (Wildman–Crippen LogP) is 4.71. The first-order valence-corrected chi connectivity index (χ1v) is 7.87. The molecule has 3 nitrogen and oxygen atoms in total. The minimum Gasteiger partial charge on any atom is -0.294 e. The van der Waals surface area contributed by atoms with Crippen LogP contribution in [-0.2, 0) is 6.42 Å². The van der Waals surface area contributed by atoms with E-state index in [1.807, 2.05) is 12.1 Å². The first kappa shape index (κ1) is 14.7. The average Bonchev–Trinajstić information content (AvgIpc) is 2.36. The van der Waals surface area contributed by atoms with Crippen LogP contribution >= 0.6 is 27.5 Å². The minimum atomic E-state index is -0.0487. The van der Waals surface area contributed by atoms with Gasteiger partial charge >= 0.3 is 0 Å². The number of hydrogen-bond donors (Lipinski definition) is 0. The van der Waals surface area contributed by atoms with Gasteiger partial charge in [0.05, 0.1) is 11.3 Å². The Morgan fingerprint density at radius 1 is 1.24 bits per heavy atom. The Morgan fingerprint density at radius 2 is 2.00 bits per heavy atom. The van der Waals surface area contributed by atoms with Gasteiger partial charge in [0.25, 0.3) is 0 Å². The molecule has 1 heterocycles. The Labute approximate surface area is 136 Å². The first-order valence-electron chi connectivity index (χ1n) is 6.70. The number of Topliss-reactive ketones (excluding diaryl/α,β-unsaturated/α-hetero) is 1. The molecule has 0 unspecified atom stereocenters. The van der Waals surface area contributed by atoms with E-state index in [9.17, 15) is 4.79 Å². The zero-order valence-corrected chi connectivity index (χ0v) is 14.1. The van der Waals surface area contributed by atoms with Crippen LogP contribution in [0.5, 0.6) is 0 Å². The van der Waals surface area contributed by atoms with Crippen LogP contribution in [0.2, 0.25) is 5.02 Å². The number of carbonyl (C=O) groups excluding carboxylic acids is 1. The monoisotopic (exact) mass is 364 g/mol. The highest BCUT2D eigenvalue weighted by molar-refractivity contribution is 9.10. The molecule has 0 aliphatic heterocycles. The summed E-state index contributed by atoms with van der Waals surface area (Å²) in [5, 5.41) is 0.653. The highest BCUT2D eigenvalue weighted by Crippen LogP contribution is 2.35. The molecule has 0 bridgehead atoms. The van der Waals surface area contributed by atoms with Gasteiger partial charge in [-0.1, -0.05) is 25.4 Å². The van der Waals surface area contributed by atoms with Crippen molar-refractivity contribution in [3.8, 4) is 11.4 Å². The summed E-state index contributed by atoms with van der Waals surface area (Å²) in [6, 6.07) is 5.50. The van der Waals surface area contributed by atoms with Gasteiger partial charge in [0.1, 0.15) is 0 Å². The fourth-order valence-electron chi connectivity index (χ4n) is 2.63. The number of aromatic nitrogens is 2. The van der Waals surface area contributed by atoms with E-state index < -0.39 is 0 Å². The van der Waals surface area contributed by atoms with E-state index in [1.165, 1.54) is 0 Å². The van der Waals surface area contributed by atoms with Gasteiger partial charge in [-0.05, 0) is 46.0 Å². The molecule has 5 heteroatoms. The molecule has 1 aliphatic rings. The molecule has 0 radical (unpaired) electrons. The zero-order valence-electron chi connectivity index (χ0n) is 11.8. The maximum atomic E-state index is 12.2. The Balaban J connectivity index is 2.09. The number of halogens is 2. The van der Waals surface area contributed by atoms with Crippen molar-refractivity contribution in [3.05, 3.63) is 45.1 Å². The molecule has 0 saturated carbocycles. The Bertz CT molecular complexity index is 743. The molecule has 0 atom stereocenters. The van der Waals surface area contributed by atoms with Gasteiger partial charge in [-0.3, -0.25) is 4.79 Å². The number of nitrogens with zero attached hydrogens (tertiary/aromatic N) is 2. The third-order valence-electron chi connectivity index (χ3n) is 3.63. The molecule has 0 spiro atoms. The van der Waals surface area contributed by atoms with E-state index in [2.05, 4.69) is 39.7 Å². The molecular weight excluding hydrogens is 352 g/mol. The zero-order chi connectivity index (χ0) is 15.2. The fourth-order valence-corrected chi connectivity index (χ4v) is 3.49. The SMILES string of the molecule is CC1(C)CC(=O)c2cnc(-c3ccc(Cl)cc3Br)nc2C1. The van der Waals surface area contributed by atoms with Crippen LogP contribution in [0.4, 0.5) is 0 Å². The number of rotatable bonds is 1. The van der Waals surface area contributed by atoms with Crippen molar-refractivity contribution in [3.63, 3.8) is 0 Å². The van der Waals surface area contributed by atoms with Crippen LogP contribution in [-0.4, -0.2) is 15.8 Å². The standard InChI is InChI=1S/C16H14BrClN2O/c1-16(2)6-13-11(14(21)7-16)8-19-15(20-13)10-4-3-9(18)5-12(10)17/h3-5,8H,6-7H2,1-2H3. The Hall–Kier alpha value is -1.26. The lowest BCUT2D eigenvalue weighted by Crippen LogP contribution is -2.28. The molecule has 108 valence electrons. The lowest BCUT2D eigenvalue weighted by molar-refractivity contribution is 0.0910. The summed E-state index contributed by atoms with van der Waals surface area (Å²) in [6.45, 7) is 4.18. The molecule has 21 heavy (non-hydrogen) atoms. The molecule has 1 aromatic heterocycles. The van der Waals surface area contributed by atoms with Gasteiger partial charge in [0, 0.05) is 27.7 Å². The predicted molar refractivity (Wildman–Crippen MR) is 86.6 cm³/mol. The summed E-state index contributed by atoms with van der Waals surface area (Å²) < 4.78 is 0.844. The van der Waals surface area contributed by atoms with Crippen LogP contribution in [0.15, 0.2) is 28.9 Å². The maximum Gasteiger partial charge on any atom is 0.166 e. The second-order valence-corrected chi connectivity index (χ2v) is 7.41. The topological polar surface area (TPSA) is 42.9 Å². The largest absolute Gasteiger partial charge is 0.294 e. The van der Waals surface area contributed by atoms with Crippen LogP contribution in [0.3, 0.4) is 0 Å². The smallest absolute Gasteiger partial charge is 0.166 e. The average molecular weight is 366 g/mol. The van der Waals surface area contributed by atoms with Crippen molar-refractivity contribution < 1.29 is 4.79 Å². The second-order valence-electron chi connectivity index (χ2n) is 6.12. The van der Waals surface area contributed by atoms with Crippen LogP contribution < -0.4 is 0 Å².